The van der Waals surface area contributed by atoms with E-state index < -0.39 is 0 Å². The van der Waals surface area contributed by atoms with Crippen LogP contribution >= 0.6 is 0 Å². The Morgan fingerprint density at radius 1 is 0.964 bits per heavy atom. The second-order valence-corrected chi connectivity index (χ2v) is 7.76. The largest absolute Gasteiger partial charge is 0.456 e. The molecule has 2 bridgehead atoms. The number of anilines is 1. The van der Waals surface area contributed by atoms with Crippen molar-refractivity contribution in [3.05, 3.63) is 54.6 Å². The zero-order valence-corrected chi connectivity index (χ0v) is 15.8. The monoisotopic (exact) mass is 379 g/mol. The average Bonchev–Trinajstić information content (AvgIpc) is 3.32. The summed E-state index contributed by atoms with van der Waals surface area (Å²) in [5.74, 6) is 2.48. The van der Waals surface area contributed by atoms with Gasteiger partial charge in [0.05, 0.1) is 5.69 Å². The van der Waals surface area contributed by atoms with Gasteiger partial charge in [-0.25, -0.2) is 0 Å². The highest BCUT2D eigenvalue weighted by molar-refractivity contribution is 5.94. The van der Waals surface area contributed by atoms with Crippen LogP contribution in [0.15, 0.2) is 54.6 Å². The molecule has 0 radical (unpaired) electrons. The van der Waals surface area contributed by atoms with Crippen LogP contribution in [0.1, 0.15) is 32.1 Å². The van der Waals surface area contributed by atoms with E-state index in [1.165, 1.54) is 19.3 Å². The van der Waals surface area contributed by atoms with Crippen molar-refractivity contribution in [2.75, 3.05) is 11.9 Å². The van der Waals surface area contributed by atoms with Gasteiger partial charge in [-0.3, -0.25) is 9.59 Å². The molecule has 146 valence electrons. The number of benzene rings is 2. The van der Waals surface area contributed by atoms with Gasteiger partial charge in [0.15, 0.2) is 12.4 Å². The van der Waals surface area contributed by atoms with Crippen molar-refractivity contribution in [2.45, 2.75) is 32.1 Å². The third-order valence-corrected chi connectivity index (χ3v) is 5.81. The Labute approximate surface area is 165 Å². The molecule has 0 saturated heterocycles. The molecule has 0 aliphatic heterocycles. The number of ether oxygens (including phenoxy) is 2. The van der Waals surface area contributed by atoms with Crippen molar-refractivity contribution in [1.82, 2.24) is 0 Å². The first-order chi connectivity index (χ1) is 13.7. The highest BCUT2D eigenvalue weighted by Crippen LogP contribution is 2.49. The van der Waals surface area contributed by atoms with Gasteiger partial charge < -0.3 is 14.8 Å². The standard InChI is InChI=1S/C23H25NO4/c25-22(15-27-23(26)14-18-13-16-10-11-17(18)12-16)24-20-8-4-5-9-21(20)28-19-6-2-1-3-7-19/h1-9,16-18H,10-15H2,(H,24,25). The SMILES string of the molecule is O=C(COC(=O)CC1CC2CCC1C2)Nc1ccccc1Oc1ccccc1. The van der Waals surface area contributed by atoms with E-state index in [-0.39, 0.29) is 18.5 Å². The smallest absolute Gasteiger partial charge is 0.306 e. The molecule has 2 aliphatic rings. The van der Waals surface area contributed by atoms with Crippen LogP contribution in [0.5, 0.6) is 11.5 Å². The molecular formula is C23H25NO4. The predicted molar refractivity (Wildman–Crippen MR) is 106 cm³/mol. The number of fused-ring (bicyclic) bond motifs is 2. The number of amides is 1. The molecule has 3 atom stereocenters. The van der Waals surface area contributed by atoms with Crippen LogP contribution in [0.25, 0.3) is 0 Å². The molecule has 0 heterocycles. The van der Waals surface area contributed by atoms with E-state index in [1.807, 2.05) is 42.5 Å². The molecule has 1 N–H and O–H groups in total. The summed E-state index contributed by atoms with van der Waals surface area (Å²) in [6.45, 7) is -0.278. The number of hydrogen-bond acceptors (Lipinski definition) is 4. The number of hydrogen-bond donors (Lipinski definition) is 1. The Balaban J connectivity index is 1.27. The minimum atomic E-state index is -0.370. The molecule has 0 aromatic heterocycles. The Morgan fingerprint density at radius 3 is 2.50 bits per heavy atom. The summed E-state index contributed by atoms with van der Waals surface area (Å²) in [5.41, 5.74) is 0.542. The fourth-order valence-corrected chi connectivity index (χ4v) is 4.51. The van der Waals surface area contributed by atoms with Gasteiger partial charge in [0.1, 0.15) is 5.75 Å². The van der Waals surface area contributed by atoms with Crippen LogP contribution in [0, 0.1) is 17.8 Å². The summed E-state index contributed by atoms with van der Waals surface area (Å²) in [5, 5.41) is 2.77. The molecule has 5 nitrogen and oxygen atoms in total. The molecule has 2 fully saturated rings. The Hall–Kier alpha value is -2.82. The third-order valence-electron chi connectivity index (χ3n) is 5.81. The van der Waals surface area contributed by atoms with Gasteiger partial charge in [-0.2, -0.15) is 0 Å². The van der Waals surface area contributed by atoms with Crippen LogP contribution in [0.4, 0.5) is 5.69 Å². The normalized spacial score (nSPS) is 22.6. The molecule has 1 amide bonds. The van der Waals surface area contributed by atoms with Gasteiger partial charge in [0, 0.05) is 6.42 Å². The van der Waals surface area contributed by atoms with Crippen LogP contribution in [0.3, 0.4) is 0 Å². The Kier molecular flexibility index (Phi) is 5.60. The van der Waals surface area contributed by atoms with E-state index in [0.717, 1.165) is 12.3 Å². The predicted octanol–water partition coefficient (Wildman–Crippen LogP) is 4.79. The molecule has 2 aromatic rings. The molecule has 5 heteroatoms. The van der Waals surface area contributed by atoms with Crippen LogP contribution in [-0.2, 0) is 14.3 Å². The fraction of sp³-hybridized carbons (Fsp3) is 0.391. The molecule has 0 spiro atoms. The summed E-state index contributed by atoms with van der Waals surface area (Å²) in [6.07, 6.45) is 5.37. The Morgan fingerprint density at radius 2 is 1.75 bits per heavy atom. The number of carbonyl (C=O) groups excluding carboxylic acids is 2. The van der Waals surface area contributed by atoms with Gasteiger partial charge >= 0.3 is 5.97 Å². The summed E-state index contributed by atoms with van der Waals surface area (Å²) in [7, 11) is 0. The quantitative estimate of drug-likeness (QED) is 0.703. The lowest BCUT2D eigenvalue weighted by Gasteiger charge is -2.20. The van der Waals surface area contributed by atoms with Crippen LogP contribution < -0.4 is 10.1 Å². The van der Waals surface area contributed by atoms with Crippen molar-refractivity contribution in [3.8, 4) is 11.5 Å². The van der Waals surface area contributed by atoms with E-state index in [1.54, 1.807) is 12.1 Å². The summed E-state index contributed by atoms with van der Waals surface area (Å²) in [6, 6.07) is 16.5. The lowest BCUT2D eigenvalue weighted by atomic mass is 9.86. The summed E-state index contributed by atoms with van der Waals surface area (Å²) in [4.78, 5) is 24.4. The molecule has 2 aliphatic carbocycles. The molecule has 3 unspecified atom stereocenters. The number of esters is 1. The maximum atomic E-state index is 12.2. The van der Waals surface area contributed by atoms with Crippen molar-refractivity contribution < 1.29 is 19.1 Å². The number of rotatable bonds is 7. The van der Waals surface area contributed by atoms with E-state index in [9.17, 15) is 9.59 Å². The summed E-state index contributed by atoms with van der Waals surface area (Å²) >= 11 is 0. The maximum absolute atomic E-state index is 12.2. The molecule has 2 saturated carbocycles. The average molecular weight is 379 g/mol. The first kappa shape index (κ1) is 18.5. The topological polar surface area (TPSA) is 64.6 Å². The van der Waals surface area contributed by atoms with E-state index in [4.69, 9.17) is 9.47 Å². The molecule has 2 aromatic carbocycles. The number of para-hydroxylation sites is 3. The second-order valence-electron chi connectivity index (χ2n) is 7.76. The lowest BCUT2D eigenvalue weighted by Crippen LogP contribution is -2.23. The van der Waals surface area contributed by atoms with Crippen molar-refractivity contribution >= 4 is 17.6 Å². The van der Waals surface area contributed by atoms with Crippen molar-refractivity contribution in [2.24, 2.45) is 17.8 Å². The van der Waals surface area contributed by atoms with Gasteiger partial charge in [0.25, 0.3) is 5.91 Å². The van der Waals surface area contributed by atoms with E-state index in [2.05, 4.69) is 5.32 Å². The maximum Gasteiger partial charge on any atom is 0.306 e. The second kappa shape index (κ2) is 8.46. The zero-order chi connectivity index (χ0) is 19.3. The first-order valence-corrected chi connectivity index (χ1v) is 9.95. The third kappa shape index (κ3) is 4.53. The van der Waals surface area contributed by atoms with Crippen LogP contribution in [0.2, 0.25) is 0 Å². The number of nitrogens with one attached hydrogen (secondary N) is 1. The van der Waals surface area contributed by atoms with E-state index >= 15 is 0 Å². The van der Waals surface area contributed by atoms with Gasteiger partial charge in [-0.05, 0) is 61.3 Å². The number of carbonyl (C=O) groups is 2. The Bertz CT molecular complexity index is 836. The first-order valence-electron chi connectivity index (χ1n) is 9.95. The fourth-order valence-electron chi connectivity index (χ4n) is 4.51. The van der Waals surface area contributed by atoms with Gasteiger partial charge in [-0.1, -0.05) is 36.8 Å². The van der Waals surface area contributed by atoms with Crippen molar-refractivity contribution in [1.29, 1.82) is 0 Å². The highest BCUT2D eigenvalue weighted by Gasteiger charge is 2.40. The van der Waals surface area contributed by atoms with Gasteiger partial charge in [0.2, 0.25) is 0 Å². The molecular weight excluding hydrogens is 354 g/mol. The lowest BCUT2D eigenvalue weighted by molar-refractivity contribution is -0.148. The highest BCUT2D eigenvalue weighted by atomic mass is 16.5. The molecule has 4 rings (SSSR count). The van der Waals surface area contributed by atoms with Gasteiger partial charge in [-0.15, -0.1) is 0 Å². The van der Waals surface area contributed by atoms with E-state index in [0.29, 0.717) is 35.4 Å². The minimum absolute atomic E-state index is 0.276. The summed E-state index contributed by atoms with van der Waals surface area (Å²) < 4.78 is 11.0. The van der Waals surface area contributed by atoms with Crippen LogP contribution in [-0.4, -0.2) is 18.5 Å². The van der Waals surface area contributed by atoms with Crippen molar-refractivity contribution in [3.63, 3.8) is 0 Å². The minimum Gasteiger partial charge on any atom is -0.456 e. The zero-order valence-electron chi connectivity index (χ0n) is 15.8. The molecule has 28 heavy (non-hydrogen) atoms.